The smallest absolute Gasteiger partial charge is 0.276 e. The number of amides is 2. The number of carbonyl (C=O) groups is 2. The molecule has 0 aliphatic carbocycles. The van der Waals surface area contributed by atoms with Gasteiger partial charge >= 0.3 is 0 Å². The van der Waals surface area contributed by atoms with Crippen LogP contribution in [0.5, 0.6) is 5.75 Å². The molecule has 0 heterocycles. The quantitative estimate of drug-likeness (QED) is 0.410. The van der Waals surface area contributed by atoms with Gasteiger partial charge in [0, 0.05) is 22.8 Å². The number of hydrazine groups is 1. The van der Waals surface area contributed by atoms with Crippen molar-refractivity contribution in [1.29, 1.82) is 0 Å². The molecule has 1 aromatic carbocycles. The van der Waals surface area contributed by atoms with Crippen LogP contribution in [-0.4, -0.2) is 25.0 Å². The first kappa shape index (κ1) is 20.5. The molecular weight excluding hydrogens is 442 g/mol. The van der Waals surface area contributed by atoms with E-state index in [2.05, 4.69) is 48.0 Å². The first-order chi connectivity index (χ1) is 11.3. The van der Waals surface area contributed by atoms with Crippen LogP contribution < -0.4 is 20.9 Å². The van der Waals surface area contributed by atoms with Crippen molar-refractivity contribution in [2.24, 2.45) is 0 Å². The molecular formula is C16H21Br2N3O3. The van der Waals surface area contributed by atoms with Gasteiger partial charge in [-0.25, -0.2) is 0 Å². The number of halogens is 2. The van der Waals surface area contributed by atoms with Crippen molar-refractivity contribution >= 4 is 43.7 Å². The average Bonchev–Trinajstić information content (AvgIpc) is 2.53. The third-order valence-corrected chi connectivity index (χ3v) is 4.34. The molecule has 6 nitrogen and oxygen atoms in total. The molecule has 0 unspecified atom stereocenters. The molecule has 24 heavy (non-hydrogen) atoms. The summed E-state index contributed by atoms with van der Waals surface area (Å²) in [6.45, 7) is 6.05. The molecule has 0 saturated carbocycles. The maximum atomic E-state index is 11.8. The molecule has 8 heteroatoms. The van der Waals surface area contributed by atoms with E-state index in [1.54, 1.807) is 6.92 Å². The molecule has 1 rings (SSSR count). The Morgan fingerprint density at radius 3 is 2.58 bits per heavy atom. The fraction of sp³-hybridized carbons (Fsp3) is 0.375. The van der Waals surface area contributed by atoms with Crippen molar-refractivity contribution in [2.45, 2.75) is 27.2 Å². The molecule has 0 saturated heterocycles. The zero-order chi connectivity index (χ0) is 18.1. The van der Waals surface area contributed by atoms with Gasteiger partial charge in [0.05, 0.1) is 4.47 Å². The molecule has 0 aliphatic rings. The lowest BCUT2D eigenvalue weighted by molar-refractivity contribution is -0.124. The lowest BCUT2D eigenvalue weighted by atomic mass is 10.2. The normalized spacial score (nSPS) is 11.0. The van der Waals surface area contributed by atoms with Gasteiger partial charge in [0.1, 0.15) is 5.75 Å². The largest absolute Gasteiger partial charge is 0.483 e. The predicted molar refractivity (Wildman–Crippen MR) is 100 cm³/mol. The van der Waals surface area contributed by atoms with Crippen LogP contribution in [0.4, 0.5) is 0 Å². The van der Waals surface area contributed by atoms with Crippen LogP contribution >= 0.6 is 31.9 Å². The molecule has 0 aliphatic heterocycles. The van der Waals surface area contributed by atoms with Crippen LogP contribution in [0.3, 0.4) is 0 Å². The van der Waals surface area contributed by atoms with Gasteiger partial charge in [0.15, 0.2) is 6.61 Å². The van der Waals surface area contributed by atoms with E-state index in [-0.39, 0.29) is 18.4 Å². The maximum absolute atomic E-state index is 11.8. The number of benzene rings is 1. The summed E-state index contributed by atoms with van der Waals surface area (Å²) in [6.07, 6.45) is 2.25. The summed E-state index contributed by atoms with van der Waals surface area (Å²) in [5, 5.41) is 2.71. The molecule has 0 atom stereocenters. The highest BCUT2D eigenvalue weighted by molar-refractivity contribution is 9.11. The first-order valence-corrected chi connectivity index (χ1v) is 9.01. The van der Waals surface area contributed by atoms with Crippen molar-refractivity contribution in [1.82, 2.24) is 16.2 Å². The van der Waals surface area contributed by atoms with Crippen molar-refractivity contribution in [3.63, 3.8) is 0 Å². The summed E-state index contributed by atoms with van der Waals surface area (Å²) in [4.78, 5) is 23.3. The van der Waals surface area contributed by atoms with Crippen LogP contribution in [0.25, 0.3) is 0 Å². The van der Waals surface area contributed by atoms with Gasteiger partial charge in [-0.15, -0.1) is 0 Å². The monoisotopic (exact) mass is 461 g/mol. The Hall–Kier alpha value is -1.54. The summed E-state index contributed by atoms with van der Waals surface area (Å²) in [6, 6.07) is 3.70. The van der Waals surface area contributed by atoms with Gasteiger partial charge in [-0.3, -0.25) is 15.0 Å². The lowest BCUT2D eigenvalue weighted by Gasteiger charge is -2.12. The number of rotatable bonds is 8. The Bertz CT molecular complexity index is 633. The van der Waals surface area contributed by atoms with E-state index in [4.69, 9.17) is 4.74 Å². The number of hydrogen-bond donors (Lipinski definition) is 3. The summed E-state index contributed by atoms with van der Waals surface area (Å²) >= 11 is 6.81. The van der Waals surface area contributed by atoms with E-state index < -0.39 is 0 Å². The number of hydrogen-bond acceptors (Lipinski definition) is 4. The van der Waals surface area contributed by atoms with E-state index in [1.807, 2.05) is 26.0 Å². The van der Waals surface area contributed by atoms with E-state index in [9.17, 15) is 9.59 Å². The Kier molecular flexibility index (Phi) is 8.84. The maximum Gasteiger partial charge on any atom is 0.276 e. The second-order valence-corrected chi connectivity index (χ2v) is 6.82. The van der Waals surface area contributed by atoms with Crippen molar-refractivity contribution in [3.8, 4) is 5.75 Å². The lowest BCUT2D eigenvalue weighted by Crippen LogP contribution is -2.39. The zero-order valence-corrected chi connectivity index (χ0v) is 17.0. The van der Waals surface area contributed by atoms with Gasteiger partial charge in [0.2, 0.25) is 5.91 Å². The van der Waals surface area contributed by atoms with Crippen molar-refractivity contribution < 1.29 is 14.3 Å². The second kappa shape index (κ2) is 10.4. The van der Waals surface area contributed by atoms with E-state index in [1.165, 1.54) is 6.08 Å². The predicted octanol–water partition coefficient (Wildman–Crippen LogP) is 2.95. The third-order valence-electron chi connectivity index (χ3n) is 2.87. The molecule has 0 bridgehead atoms. The molecule has 0 aromatic heterocycles. The van der Waals surface area contributed by atoms with Crippen molar-refractivity contribution in [3.05, 3.63) is 38.4 Å². The number of allylic oxidation sites excluding steroid dienone is 1. The second-order valence-electron chi connectivity index (χ2n) is 5.11. The van der Waals surface area contributed by atoms with Gasteiger partial charge in [-0.1, -0.05) is 22.9 Å². The Morgan fingerprint density at radius 1 is 1.21 bits per heavy atom. The average molecular weight is 463 g/mol. The van der Waals surface area contributed by atoms with Crippen LogP contribution in [0.1, 0.15) is 25.8 Å². The number of carbonyl (C=O) groups excluding carboxylic acids is 2. The Balaban J connectivity index is 2.43. The highest BCUT2D eigenvalue weighted by Crippen LogP contribution is 2.31. The number of nitrogens with one attached hydrogen (secondary N) is 3. The SMILES string of the molecule is CCCNC(=O)C=C(C)NNC(=O)COc1cc(C)c(Br)cc1Br. The van der Waals surface area contributed by atoms with Crippen LogP contribution in [0, 0.1) is 6.92 Å². The molecule has 132 valence electrons. The zero-order valence-electron chi connectivity index (χ0n) is 13.8. The molecule has 1 aromatic rings. The number of ether oxygens (including phenoxy) is 1. The minimum atomic E-state index is -0.357. The van der Waals surface area contributed by atoms with Crippen LogP contribution in [0.15, 0.2) is 32.9 Å². The van der Waals surface area contributed by atoms with Crippen LogP contribution in [0.2, 0.25) is 0 Å². The highest BCUT2D eigenvalue weighted by Gasteiger charge is 2.08. The van der Waals surface area contributed by atoms with E-state index in [0.29, 0.717) is 18.0 Å². The fourth-order valence-corrected chi connectivity index (χ4v) is 2.73. The molecule has 0 fully saturated rings. The summed E-state index contributed by atoms with van der Waals surface area (Å²) in [5.41, 5.74) is 6.66. The molecule has 0 radical (unpaired) electrons. The minimum absolute atomic E-state index is 0.151. The Morgan fingerprint density at radius 2 is 1.92 bits per heavy atom. The summed E-state index contributed by atoms with van der Waals surface area (Å²) < 4.78 is 7.19. The van der Waals surface area contributed by atoms with E-state index in [0.717, 1.165) is 20.9 Å². The molecule has 3 N–H and O–H groups in total. The van der Waals surface area contributed by atoms with Gasteiger partial charge in [0.25, 0.3) is 5.91 Å². The summed E-state index contributed by atoms with van der Waals surface area (Å²) in [7, 11) is 0. The fourth-order valence-electron chi connectivity index (χ4n) is 1.62. The standard InChI is InChI=1S/C16H21Br2N3O3/c1-4-5-19-15(22)7-11(3)20-21-16(23)9-24-14-6-10(2)12(17)8-13(14)18/h6-8,20H,4-5,9H2,1-3H3,(H,19,22)(H,21,23). The van der Waals surface area contributed by atoms with Gasteiger partial charge in [-0.2, -0.15) is 0 Å². The van der Waals surface area contributed by atoms with E-state index >= 15 is 0 Å². The number of aryl methyl sites for hydroxylation is 1. The van der Waals surface area contributed by atoms with Crippen LogP contribution in [-0.2, 0) is 9.59 Å². The molecule has 0 spiro atoms. The van der Waals surface area contributed by atoms with Crippen molar-refractivity contribution in [2.75, 3.05) is 13.2 Å². The minimum Gasteiger partial charge on any atom is -0.483 e. The highest BCUT2D eigenvalue weighted by atomic mass is 79.9. The molecule has 2 amide bonds. The van der Waals surface area contributed by atoms with Gasteiger partial charge in [-0.05, 0) is 53.9 Å². The third kappa shape index (κ3) is 7.35. The topological polar surface area (TPSA) is 79.5 Å². The first-order valence-electron chi connectivity index (χ1n) is 7.43. The summed E-state index contributed by atoms with van der Waals surface area (Å²) in [5.74, 6) is 0.0165. The Labute approximate surface area is 158 Å². The van der Waals surface area contributed by atoms with Gasteiger partial charge < -0.3 is 15.5 Å².